The van der Waals surface area contributed by atoms with Crippen molar-refractivity contribution in [3.63, 3.8) is 0 Å². The van der Waals surface area contributed by atoms with Gasteiger partial charge in [0.25, 0.3) is 0 Å². The lowest BCUT2D eigenvalue weighted by Gasteiger charge is -2.25. The molecule has 0 unspecified atom stereocenters. The Balaban J connectivity index is 4.47. The van der Waals surface area contributed by atoms with Crippen LogP contribution in [0.1, 0.15) is 27.2 Å². The Bertz CT molecular complexity index is 292. The van der Waals surface area contributed by atoms with Crippen molar-refractivity contribution >= 4 is 22.0 Å². The van der Waals surface area contributed by atoms with Crippen LogP contribution in [0.3, 0.4) is 0 Å². The zero-order valence-electron chi connectivity index (χ0n) is 11.1. The highest BCUT2D eigenvalue weighted by atomic mass is 79.9. The molecule has 0 aliphatic rings. The van der Waals surface area contributed by atoms with Gasteiger partial charge < -0.3 is 15.2 Å². The highest BCUT2D eigenvalue weighted by Gasteiger charge is 2.40. The molecule has 8 heteroatoms. The molecule has 0 heterocycles. The van der Waals surface area contributed by atoms with Gasteiger partial charge >= 0.3 is 12.3 Å². The second-order valence-corrected chi connectivity index (χ2v) is 5.80. The van der Waals surface area contributed by atoms with E-state index in [1.807, 2.05) is 0 Å². The number of amides is 1. The van der Waals surface area contributed by atoms with Gasteiger partial charge in [-0.1, -0.05) is 15.9 Å². The number of carbonyl (C=O) groups excluding carboxylic acids is 1. The van der Waals surface area contributed by atoms with E-state index >= 15 is 0 Å². The SMILES string of the molecule is CC(C)(C)OC(=O)N[C@@H](CO)C[C@H](CBr)C(F)(F)F. The van der Waals surface area contributed by atoms with E-state index in [2.05, 4.69) is 21.2 Å². The number of rotatable bonds is 5. The Morgan fingerprint density at radius 3 is 2.21 bits per heavy atom. The van der Waals surface area contributed by atoms with Crippen molar-refractivity contribution < 1.29 is 27.8 Å². The Kier molecular flexibility index (Phi) is 7.13. The molecule has 0 bridgehead atoms. The van der Waals surface area contributed by atoms with Crippen LogP contribution < -0.4 is 5.32 Å². The summed E-state index contributed by atoms with van der Waals surface area (Å²) < 4.78 is 42.6. The molecule has 0 rings (SSSR count). The molecule has 2 atom stereocenters. The van der Waals surface area contributed by atoms with Gasteiger partial charge in [-0.15, -0.1) is 0 Å². The first-order valence-electron chi connectivity index (χ1n) is 5.72. The molecule has 1 amide bonds. The highest BCUT2D eigenvalue weighted by Crippen LogP contribution is 2.31. The zero-order valence-corrected chi connectivity index (χ0v) is 12.6. The van der Waals surface area contributed by atoms with E-state index in [1.54, 1.807) is 20.8 Å². The van der Waals surface area contributed by atoms with Gasteiger partial charge in [-0.3, -0.25) is 0 Å². The maximum absolute atomic E-state index is 12.6. The first kappa shape index (κ1) is 18.5. The number of hydrogen-bond donors (Lipinski definition) is 2. The van der Waals surface area contributed by atoms with E-state index in [0.29, 0.717) is 0 Å². The van der Waals surface area contributed by atoms with Crippen LogP contribution in [0, 0.1) is 5.92 Å². The number of alkyl halides is 4. The van der Waals surface area contributed by atoms with Gasteiger partial charge in [0.05, 0.1) is 18.6 Å². The fraction of sp³-hybridized carbons (Fsp3) is 0.909. The van der Waals surface area contributed by atoms with Crippen molar-refractivity contribution in [2.45, 2.75) is 45.0 Å². The quantitative estimate of drug-likeness (QED) is 0.750. The van der Waals surface area contributed by atoms with Gasteiger partial charge in [0, 0.05) is 5.33 Å². The molecule has 0 aliphatic carbocycles. The van der Waals surface area contributed by atoms with Crippen LogP contribution in [0.4, 0.5) is 18.0 Å². The van der Waals surface area contributed by atoms with Crippen LogP contribution in [0.25, 0.3) is 0 Å². The van der Waals surface area contributed by atoms with Crippen molar-refractivity contribution in [3.8, 4) is 0 Å². The van der Waals surface area contributed by atoms with Gasteiger partial charge in [-0.2, -0.15) is 13.2 Å². The Labute approximate surface area is 118 Å². The smallest absolute Gasteiger partial charge is 0.407 e. The van der Waals surface area contributed by atoms with Crippen molar-refractivity contribution in [3.05, 3.63) is 0 Å². The minimum atomic E-state index is -4.38. The number of alkyl carbamates (subject to hydrolysis) is 1. The highest BCUT2D eigenvalue weighted by molar-refractivity contribution is 9.09. The number of halogens is 4. The number of aliphatic hydroxyl groups excluding tert-OH is 1. The van der Waals surface area contributed by atoms with Gasteiger partial charge in [0.15, 0.2) is 0 Å². The van der Waals surface area contributed by atoms with Crippen LogP contribution in [-0.2, 0) is 4.74 Å². The molecule has 114 valence electrons. The third kappa shape index (κ3) is 8.30. The molecular formula is C11H19BrF3NO3. The lowest BCUT2D eigenvalue weighted by Crippen LogP contribution is -2.43. The summed E-state index contributed by atoms with van der Waals surface area (Å²) in [6.45, 7) is 4.32. The summed E-state index contributed by atoms with van der Waals surface area (Å²) in [4.78, 5) is 11.4. The predicted octanol–water partition coefficient (Wildman–Crippen LogP) is 2.84. The minimum absolute atomic E-state index is 0.289. The molecule has 0 spiro atoms. The van der Waals surface area contributed by atoms with Crippen LogP contribution in [0.5, 0.6) is 0 Å². The standard InChI is InChI=1S/C11H19BrF3NO3/c1-10(2,3)19-9(18)16-8(6-17)4-7(5-12)11(13,14)15/h7-8,17H,4-6H2,1-3H3,(H,16,18)/t7-,8-/m1/s1. The first-order valence-corrected chi connectivity index (χ1v) is 6.84. The van der Waals surface area contributed by atoms with E-state index in [0.717, 1.165) is 0 Å². The summed E-state index contributed by atoms with van der Waals surface area (Å²) in [6, 6.07) is -1.00. The zero-order chi connectivity index (χ0) is 15.3. The molecule has 0 aliphatic heterocycles. The fourth-order valence-electron chi connectivity index (χ4n) is 1.28. The number of ether oxygens (including phenoxy) is 1. The molecular weight excluding hydrogens is 331 g/mol. The van der Waals surface area contributed by atoms with E-state index in [9.17, 15) is 18.0 Å². The van der Waals surface area contributed by atoms with E-state index in [-0.39, 0.29) is 5.33 Å². The van der Waals surface area contributed by atoms with Gasteiger partial charge in [-0.25, -0.2) is 4.79 Å². The van der Waals surface area contributed by atoms with Crippen LogP contribution in [0.15, 0.2) is 0 Å². The van der Waals surface area contributed by atoms with Crippen LogP contribution >= 0.6 is 15.9 Å². The number of aliphatic hydroxyl groups is 1. The molecule has 0 aromatic heterocycles. The van der Waals surface area contributed by atoms with E-state index < -0.39 is 42.9 Å². The van der Waals surface area contributed by atoms with Crippen molar-refractivity contribution in [1.82, 2.24) is 5.32 Å². The van der Waals surface area contributed by atoms with Crippen molar-refractivity contribution in [2.24, 2.45) is 5.92 Å². The average molecular weight is 350 g/mol. The summed E-state index contributed by atoms with van der Waals surface area (Å²) >= 11 is 2.78. The average Bonchev–Trinajstić information content (AvgIpc) is 2.19. The Hall–Kier alpha value is -0.500. The third-order valence-corrected chi connectivity index (χ3v) is 2.94. The van der Waals surface area contributed by atoms with Gasteiger partial charge in [0.1, 0.15) is 5.60 Å². The molecule has 4 nitrogen and oxygen atoms in total. The maximum Gasteiger partial charge on any atom is 0.407 e. The minimum Gasteiger partial charge on any atom is -0.444 e. The molecule has 0 fully saturated rings. The molecule has 19 heavy (non-hydrogen) atoms. The fourth-order valence-corrected chi connectivity index (χ4v) is 1.91. The Morgan fingerprint density at radius 1 is 1.37 bits per heavy atom. The summed E-state index contributed by atoms with van der Waals surface area (Å²) in [5, 5.41) is 11.0. The second-order valence-electron chi connectivity index (χ2n) is 5.15. The van der Waals surface area contributed by atoms with Crippen LogP contribution in [0.2, 0.25) is 0 Å². The summed E-state index contributed by atoms with van der Waals surface area (Å²) in [6.07, 6.45) is -5.64. The Morgan fingerprint density at radius 2 is 1.89 bits per heavy atom. The van der Waals surface area contributed by atoms with Crippen molar-refractivity contribution in [1.29, 1.82) is 0 Å². The summed E-state index contributed by atoms with van der Waals surface area (Å²) in [5.74, 6) is -1.64. The number of hydrogen-bond acceptors (Lipinski definition) is 3. The van der Waals surface area contributed by atoms with E-state index in [4.69, 9.17) is 9.84 Å². The van der Waals surface area contributed by atoms with Gasteiger partial charge in [0.2, 0.25) is 0 Å². The monoisotopic (exact) mass is 349 g/mol. The second kappa shape index (κ2) is 7.33. The normalized spacial score (nSPS) is 15.8. The number of carbonyl (C=O) groups is 1. The van der Waals surface area contributed by atoms with Crippen LogP contribution in [-0.4, -0.2) is 41.0 Å². The molecule has 0 aromatic carbocycles. The molecule has 0 saturated carbocycles. The molecule has 0 aromatic rings. The largest absolute Gasteiger partial charge is 0.444 e. The first-order chi connectivity index (χ1) is 8.49. The van der Waals surface area contributed by atoms with Gasteiger partial charge in [-0.05, 0) is 27.2 Å². The maximum atomic E-state index is 12.6. The topological polar surface area (TPSA) is 58.6 Å². The van der Waals surface area contributed by atoms with Crippen molar-refractivity contribution in [2.75, 3.05) is 11.9 Å². The number of nitrogens with one attached hydrogen (secondary N) is 1. The van der Waals surface area contributed by atoms with E-state index in [1.165, 1.54) is 0 Å². The molecule has 2 N–H and O–H groups in total. The lowest BCUT2D eigenvalue weighted by atomic mass is 10.0. The lowest BCUT2D eigenvalue weighted by molar-refractivity contribution is -0.171. The third-order valence-electron chi connectivity index (χ3n) is 2.16. The predicted molar refractivity (Wildman–Crippen MR) is 68.2 cm³/mol. The summed E-state index contributed by atoms with van der Waals surface area (Å²) in [7, 11) is 0. The molecule has 0 radical (unpaired) electrons. The summed E-state index contributed by atoms with van der Waals surface area (Å²) in [5.41, 5.74) is -0.747. The molecule has 0 saturated heterocycles.